The molecule has 1 saturated carbocycles. The van der Waals surface area contributed by atoms with Gasteiger partial charge in [-0.15, -0.1) is 23.2 Å². The maximum Gasteiger partial charge on any atom is 0.433 e. The number of allylic oxidation sites excluding steroid dienone is 2. The Morgan fingerprint density at radius 2 is 1.79 bits per heavy atom. The lowest BCUT2D eigenvalue weighted by molar-refractivity contribution is -0.142. The van der Waals surface area contributed by atoms with E-state index in [0.29, 0.717) is 22.2 Å². The maximum atomic E-state index is 14.3. The van der Waals surface area contributed by atoms with Crippen LogP contribution in [0.4, 0.5) is 19.0 Å². The van der Waals surface area contributed by atoms with E-state index in [9.17, 15) is 37.5 Å². The molecule has 0 radical (unpaired) electrons. The van der Waals surface area contributed by atoms with Crippen LogP contribution < -0.4 is 9.75 Å². The number of anilines is 1. The van der Waals surface area contributed by atoms with Crippen LogP contribution in [0.25, 0.3) is 0 Å². The van der Waals surface area contributed by atoms with Crippen LogP contribution in [0.15, 0.2) is 48.0 Å². The summed E-state index contributed by atoms with van der Waals surface area (Å²) in [4.78, 5) is 56.3. The summed E-state index contributed by atoms with van der Waals surface area (Å²) < 4.78 is 46.3. The van der Waals surface area contributed by atoms with Gasteiger partial charge in [0.2, 0.25) is 0 Å². The number of amides is 4. The number of para-hydroxylation sites is 1. The van der Waals surface area contributed by atoms with Crippen molar-refractivity contribution in [2.75, 3.05) is 30.7 Å². The summed E-state index contributed by atoms with van der Waals surface area (Å²) in [5.74, 6) is -7.37. The van der Waals surface area contributed by atoms with Crippen LogP contribution in [0.2, 0.25) is 5.02 Å². The molecule has 1 aromatic carbocycles. The van der Waals surface area contributed by atoms with E-state index in [-0.39, 0.29) is 42.3 Å². The van der Waals surface area contributed by atoms with E-state index < -0.39 is 74.7 Å². The zero-order valence-corrected chi connectivity index (χ0v) is 28.2. The van der Waals surface area contributed by atoms with Crippen LogP contribution in [-0.2, 0) is 25.4 Å². The third kappa shape index (κ3) is 4.88. The molecule has 6 rings (SSSR count). The van der Waals surface area contributed by atoms with E-state index in [4.69, 9.17) is 39.5 Å². The van der Waals surface area contributed by atoms with E-state index in [1.54, 1.807) is 30.3 Å². The number of benzene rings is 1. The summed E-state index contributed by atoms with van der Waals surface area (Å²) in [6, 6.07) is 8.24. The number of carbonyl (C=O) groups excluding carboxylic acids is 4. The predicted molar refractivity (Wildman–Crippen MR) is 167 cm³/mol. The molecule has 1 aromatic heterocycles. The molecule has 47 heavy (non-hydrogen) atoms. The van der Waals surface area contributed by atoms with Gasteiger partial charge in [0.1, 0.15) is 18.1 Å². The fraction of sp³-hybridized carbons (Fsp3) is 0.433. The lowest BCUT2D eigenvalue weighted by Gasteiger charge is -2.51. The first kappa shape index (κ1) is 34.0. The number of aromatic nitrogens is 1. The van der Waals surface area contributed by atoms with Crippen molar-refractivity contribution in [1.29, 1.82) is 0 Å². The molecule has 4 amide bonds. The van der Waals surface area contributed by atoms with Gasteiger partial charge in [-0.05, 0) is 37.0 Å². The van der Waals surface area contributed by atoms with E-state index >= 15 is 0 Å². The second-order valence-electron chi connectivity index (χ2n) is 11.6. The van der Waals surface area contributed by atoms with E-state index in [1.807, 2.05) is 0 Å². The minimum Gasteiger partial charge on any atom is -0.491 e. The zero-order valence-electron chi connectivity index (χ0n) is 24.3. The van der Waals surface area contributed by atoms with Gasteiger partial charge in [0, 0.05) is 18.5 Å². The highest BCUT2D eigenvalue weighted by Crippen LogP contribution is 2.66. The normalized spacial score (nSPS) is 30.3. The number of hydrogen-bond donors (Lipinski definition) is 1. The second kappa shape index (κ2) is 11.9. The van der Waals surface area contributed by atoms with Crippen LogP contribution >= 0.6 is 50.7 Å². The van der Waals surface area contributed by atoms with Crippen molar-refractivity contribution in [1.82, 2.24) is 14.9 Å². The van der Waals surface area contributed by atoms with Crippen LogP contribution in [0.1, 0.15) is 30.0 Å². The number of pyridine rings is 1. The molecule has 0 spiro atoms. The van der Waals surface area contributed by atoms with Crippen molar-refractivity contribution >= 4 is 80.2 Å². The van der Waals surface area contributed by atoms with Gasteiger partial charge in [0.25, 0.3) is 23.6 Å². The summed E-state index contributed by atoms with van der Waals surface area (Å²) >= 11 is 23.8. The Kier molecular flexibility index (Phi) is 8.60. The molecule has 10 nitrogen and oxygen atoms in total. The Balaban J connectivity index is 1.47. The van der Waals surface area contributed by atoms with Gasteiger partial charge < -0.3 is 9.84 Å². The number of rotatable bonds is 7. The van der Waals surface area contributed by atoms with Gasteiger partial charge in [-0.1, -0.05) is 57.4 Å². The van der Waals surface area contributed by atoms with Crippen LogP contribution in [-0.4, -0.2) is 79.1 Å². The Morgan fingerprint density at radius 1 is 1.09 bits per heavy atom. The van der Waals surface area contributed by atoms with Crippen molar-refractivity contribution in [3.05, 3.63) is 64.3 Å². The minimum atomic E-state index is -4.82. The lowest BCUT2D eigenvalue weighted by atomic mass is 9.56. The SMILES string of the molecule is CN(c1nc(C(F)(F)F)ccc1Cl)N1C(=O)C2CC=C3C(CC4(Cl)C(=O)N(CBr)C(=O)C4(Cl)C3c3ccccc3OCCO)C2C1=O. The monoisotopic (exact) mass is 778 g/mol. The number of imide groups is 2. The van der Waals surface area contributed by atoms with Gasteiger partial charge >= 0.3 is 6.18 Å². The van der Waals surface area contributed by atoms with Crippen molar-refractivity contribution in [3.8, 4) is 5.75 Å². The molecule has 3 fully saturated rings. The summed E-state index contributed by atoms with van der Waals surface area (Å²) in [5, 5.41) is 10.8. The maximum absolute atomic E-state index is 14.3. The van der Waals surface area contributed by atoms with Crippen LogP contribution in [0.3, 0.4) is 0 Å². The standard InChI is InChI=1S/C30H25BrCl3F3N4O6/c1-39(23-18(32)8-9-20(38-23)30(35,36)37)41-24(43)16-7-6-14-17(21(16)25(41)44)12-28(33)26(45)40(13-31)27(46)29(28,34)22(14)15-4-2-3-5-19(15)47-11-10-42/h2-6,8-9,16-17,21-22,42H,7,10-13H2,1H3. The molecule has 2 aromatic rings. The number of ether oxygens (including phenoxy) is 1. The summed E-state index contributed by atoms with van der Waals surface area (Å²) in [6.45, 7) is -0.419. The first-order valence-corrected chi connectivity index (χ1v) is 16.6. The number of alkyl halides is 6. The molecule has 6 unspecified atom stereocenters. The van der Waals surface area contributed by atoms with Crippen molar-refractivity contribution < 1.29 is 42.2 Å². The van der Waals surface area contributed by atoms with Gasteiger partial charge in [-0.3, -0.25) is 29.1 Å². The summed E-state index contributed by atoms with van der Waals surface area (Å²) in [7, 11) is 1.20. The highest BCUT2D eigenvalue weighted by atomic mass is 79.9. The number of hydrazine groups is 1. The highest BCUT2D eigenvalue weighted by Gasteiger charge is 2.76. The fourth-order valence-corrected chi connectivity index (χ4v) is 8.94. The Bertz CT molecular complexity index is 1730. The third-order valence-corrected chi connectivity index (χ3v) is 11.5. The molecule has 2 aliphatic heterocycles. The molecule has 2 aliphatic carbocycles. The predicted octanol–water partition coefficient (Wildman–Crippen LogP) is 4.89. The number of aliphatic hydroxyl groups excluding tert-OH is 1. The van der Waals surface area contributed by atoms with Crippen molar-refractivity contribution in [3.63, 3.8) is 0 Å². The van der Waals surface area contributed by atoms with Crippen LogP contribution in [0, 0.1) is 17.8 Å². The average molecular weight is 781 g/mol. The number of halogens is 7. The average Bonchev–Trinajstić information content (AvgIpc) is 3.37. The van der Waals surface area contributed by atoms with Gasteiger partial charge in [-0.2, -0.15) is 18.2 Å². The summed E-state index contributed by atoms with van der Waals surface area (Å²) in [6.07, 6.45) is -3.40. The van der Waals surface area contributed by atoms with E-state index in [0.717, 1.165) is 16.0 Å². The molecule has 4 aliphatic rings. The van der Waals surface area contributed by atoms with Crippen molar-refractivity contribution in [2.45, 2.75) is 34.7 Å². The largest absolute Gasteiger partial charge is 0.491 e. The van der Waals surface area contributed by atoms with Gasteiger partial charge in [-0.25, -0.2) is 4.98 Å². The number of likely N-dealkylation sites (tertiary alicyclic amines) is 1. The van der Waals surface area contributed by atoms with Crippen molar-refractivity contribution in [2.24, 2.45) is 17.8 Å². The van der Waals surface area contributed by atoms with E-state index in [1.165, 1.54) is 7.05 Å². The molecule has 0 bridgehead atoms. The van der Waals surface area contributed by atoms with Gasteiger partial charge in [0.15, 0.2) is 15.6 Å². The second-order valence-corrected chi connectivity index (χ2v) is 13.8. The summed E-state index contributed by atoms with van der Waals surface area (Å²) in [5.41, 5.74) is -0.626. The Hall–Kier alpha value is -2.91. The molecule has 2 saturated heterocycles. The minimum absolute atomic E-state index is 0.0118. The number of fused-ring (bicyclic) bond motifs is 4. The molecule has 250 valence electrons. The first-order chi connectivity index (χ1) is 22.1. The Labute approximate surface area is 289 Å². The molecule has 3 heterocycles. The zero-order chi connectivity index (χ0) is 34.2. The number of carbonyl (C=O) groups is 4. The molecule has 6 atom stereocenters. The Morgan fingerprint density at radius 3 is 2.45 bits per heavy atom. The third-order valence-electron chi connectivity index (χ3n) is 9.29. The number of aliphatic hydroxyl groups is 1. The number of hydrogen-bond acceptors (Lipinski definition) is 8. The molecule has 17 heteroatoms. The molecule has 1 N–H and O–H groups in total. The van der Waals surface area contributed by atoms with Gasteiger partial charge in [0.05, 0.1) is 28.9 Å². The molecular formula is C30H25BrCl3F3N4O6. The quantitative estimate of drug-likeness (QED) is 0.183. The highest BCUT2D eigenvalue weighted by molar-refractivity contribution is 9.09. The number of nitrogens with zero attached hydrogens (tertiary/aromatic N) is 4. The molecular weight excluding hydrogens is 756 g/mol. The van der Waals surface area contributed by atoms with E-state index in [2.05, 4.69) is 20.9 Å². The smallest absolute Gasteiger partial charge is 0.433 e. The lowest BCUT2D eigenvalue weighted by Crippen LogP contribution is -2.60. The van der Waals surface area contributed by atoms with Crippen LogP contribution in [0.5, 0.6) is 5.75 Å². The topological polar surface area (TPSA) is 120 Å². The first-order valence-electron chi connectivity index (χ1n) is 14.3. The fourth-order valence-electron chi connectivity index (χ4n) is 7.29.